The van der Waals surface area contributed by atoms with Gasteiger partial charge in [0, 0.05) is 21.7 Å². The Kier molecular flexibility index (Phi) is 5.53. The first kappa shape index (κ1) is 21.2. The van der Waals surface area contributed by atoms with Crippen LogP contribution in [-0.2, 0) is 0 Å². The Morgan fingerprint density at radius 1 is 0.371 bits per heavy atom. The average Bonchev–Trinajstić information content (AvgIpc) is 2.93. The highest BCUT2D eigenvalue weighted by atomic mass is 35.5. The van der Waals surface area contributed by atoms with Gasteiger partial charge in [0.05, 0.1) is 0 Å². The summed E-state index contributed by atoms with van der Waals surface area (Å²) in [6.07, 6.45) is 0. The molecule has 0 spiro atoms. The molecule has 5 aromatic carbocycles. The SMILES string of the molecule is Clc1cc(-c2ccc3ccccc3c2)cc(-c2nc(-c3ccccc3)nc(-c3ccccc3)n2)c1. The van der Waals surface area contributed by atoms with Crippen LogP contribution in [0.2, 0.25) is 5.02 Å². The second-order valence-corrected chi connectivity index (χ2v) is 8.77. The lowest BCUT2D eigenvalue weighted by molar-refractivity contribution is 1.07. The molecule has 3 nitrogen and oxygen atoms in total. The van der Waals surface area contributed by atoms with Gasteiger partial charge in [-0.15, -0.1) is 0 Å². The summed E-state index contributed by atoms with van der Waals surface area (Å²) < 4.78 is 0. The first-order chi connectivity index (χ1) is 17.2. The lowest BCUT2D eigenvalue weighted by atomic mass is 9.99. The van der Waals surface area contributed by atoms with E-state index in [2.05, 4.69) is 48.5 Å². The Hall–Kier alpha value is -4.34. The van der Waals surface area contributed by atoms with E-state index in [0.29, 0.717) is 22.5 Å². The Balaban J connectivity index is 1.51. The molecular formula is C31H20ClN3. The minimum atomic E-state index is 0.585. The van der Waals surface area contributed by atoms with Crippen LogP contribution in [0.4, 0.5) is 0 Å². The summed E-state index contributed by atoms with van der Waals surface area (Å²) in [7, 11) is 0. The molecule has 0 unspecified atom stereocenters. The van der Waals surface area contributed by atoms with Gasteiger partial charge in [-0.25, -0.2) is 15.0 Å². The quantitative estimate of drug-likeness (QED) is 0.260. The molecule has 1 heterocycles. The highest BCUT2D eigenvalue weighted by molar-refractivity contribution is 6.31. The second-order valence-electron chi connectivity index (χ2n) is 8.33. The predicted octanol–water partition coefficient (Wildman–Crippen LogP) is 8.35. The van der Waals surface area contributed by atoms with Crippen LogP contribution < -0.4 is 0 Å². The summed E-state index contributed by atoms with van der Waals surface area (Å²) in [4.78, 5) is 14.5. The zero-order valence-corrected chi connectivity index (χ0v) is 19.5. The zero-order valence-electron chi connectivity index (χ0n) is 18.8. The fourth-order valence-corrected chi connectivity index (χ4v) is 4.43. The van der Waals surface area contributed by atoms with Crippen molar-refractivity contribution in [2.24, 2.45) is 0 Å². The van der Waals surface area contributed by atoms with Crippen LogP contribution in [0.1, 0.15) is 0 Å². The molecular weight excluding hydrogens is 450 g/mol. The van der Waals surface area contributed by atoms with Crippen LogP contribution in [0.5, 0.6) is 0 Å². The molecule has 0 saturated carbocycles. The summed E-state index contributed by atoms with van der Waals surface area (Å²) in [5.74, 6) is 1.84. The van der Waals surface area contributed by atoms with Crippen LogP contribution in [0.25, 0.3) is 56.1 Å². The number of fused-ring (bicyclic) bond motifs is 1. The largest absolute Gasteiger partial charge is 0.208 e. The third-order valence-corrected chi connectivity index (χ3v) is 6.16. The molecule has 35 heavy (non-hydrogen) atoms. The third-order valence-electron chi connectivity index (χ3n) is 5.94. The molecule has 6 aromatic rings. The zero-order chi connectivity index (χ0) is 23.6. The number of hydrogen-bond acceptors (Lipinski definition) is 3. The minimum Gasteiger partial charge on any atom is -0.208 e. The average molecular weight is 470 g/mol. The topological polar surface area (TPSA) is 38.7 Å². The standard InChI is InChI=1S/C31H20ClN3/c32-28-19-26(25-16-15-21-9-7-8-14-24(21)17-25)18-27(20-28)31-34-29(22-10-3-1-4-11-22)33-30(35-31)23-12-5-2-6-13-23/h1-20H. The normalized spacial score (nSPS) is 11.0. The third kappa shape index (κ3) is 4.42. The lowest BCUT2D eigenvalue weighted by Crippen LogP contribution is -2.00. The first-order valence-corrected chi connectivity index (χ1v) is 11.8. The summed E-state index contributed by atoms with van der Waals surface area (Å²) in [6.45, 7) is 0. The number of hydrogen-bond donors (Lipinski definition) is 0. The predicted molar refractivity (Wildman–Crippen MR) is 144 cm³/mol. The van der Waals surface area contributed by atoms with E-state index < -0.39 is 0 Å². The van der Waals surface area contributed by atoms with Gasteiger partial charge in [0.2, 0.25) is 0 Å². The molecule has 0 radical (unpaired) electrons. The molecule has 6 rings (SSSR count). The van der Waals surface area contributed by atoms with Gasteiger partial charge in [-0.3, -0.25) is 0 Å². The van der Waals surface area contributed by atoms with Crippen LogP contribution >= 0.6 is 11.6 Å². The van der Waals surface area contributed by atoms with Crippen LogP contribution in [-0.4, -0.2) is 15.0 Å². The van der Waals surface area contributed by atoms with Crippen molar-refractivity contribution in [2.45, 2.75) is 0 Å². The molecule has 0 fully saturated rings. The molecule has 0 bridgehead atoms. The number of rotatable bonds is 4. The molecule has 0 N–H and O–H groups in total. The maximum absolute atomic E-state index is 6.61. The highest BCUT2D eigenvalue weighted by Gasteiger charge is 2.14. The molecule has 0 aliphatic carbocycles. The highest BCUT2D eigenvalue weighted by Crippen LogP contribution is 2.32. The number of halogens is 1. The van der Waals surface area contributed by atoms with Gasteiger partial charge < -0.3 is 0 Å². The van der Waals surface area contributed by atoms with E-state index in [1.54, 1.807) is 0 Å². The first-order valence-electron chi connectivity index (χ1n) is 11.4. The molecule has 0 aliphatic heterocycles. The molecule has 0 saturated heterocycles. The van der Waals surface area contributed by atoms with Crippen molar-refractivity contribution in [3.63, 3.8) is 0 Å². The van der Waals surface area contributed by atoms with Crippen LogP contribution in [0.3, 0.4) is 0 Å². The van der Waals surface area contributed by atoms with Gasteiger partial charge in [0.25, 0.3) is 0 Å². The lowest BCUT2D eigenvalue weighted by Gasteiger charge is -2.11. The van der Waals surface area contributed by atoms with E-state index in [9.17, 15) is 0 Å². The van der Waals surface area contributed by atoms with Gasteiger partial charge in [-0.1, -0.05) is 109 Å². The summed E-state index contributed by atoms with van der Waals surface area (Å²) in [5.41, 5.74) is 4.82. The van der Waals surface area contributed by atoms with Crippen molar-refractivity contribution in [2.75, 3.05) is 0 Å². The summed E-state index contributed by atoms with van der Waals surface area (Å²) in [5, 5.41) is 3.02. The van der Waals surface area contributed by atoms with Crippen molar-refractivity contribution in [3.8, 4) is 45.3 Å². The van der Waals surface area contributed by atoms with Crippen molar-refractivity contribution >= 4 is 22.4 Å². The molecule has 166 valence electrons. The smallest absolute Gasteiger partial charge is 0.164 e. The van der Waals surface area contributed by atoms with Gasteiger partial charge in [0.15, 0.2) is 17.5 Å². The van der Waals surface area contributed by atoms with E-state index in [0.717, 1.165) is 27.8 Å². The number of nitrogens with zero attached hydrogens (tertiary/aromatic N) is 3. The molecule has 0 aliphatic rings. The van der Waals surface area contributed by atoms with Crippen molar-refractivity contribution in [1.29, 1.82) is 0 Å². The van der Waals surface area contributed by atoms with Gasteiger partial charge in [-0.2, -0.15) is 0 Å². The number of aromatic nitrogens is 3. The molecule has 1 aromatic heterocycles. The molecule has 4 heteroatoms. The molecule has 0 atom stereocenters. The van der Waals surface area contributed by atoms with Gasteiger partial charge in [-0.05, 0) is 46.2 Å². The van der Waals surface area contributed by atoms with Gasteiger partial charge in [0.1, 0.15) is 0 Å². The van der Waals surface area contributed by atoms with Crippen molar-refractivity contribution in [3.05, 3.63) is 126 Å². The number of benzene rings is 5. The maximum Gasteiger partial charge on any atom is 0.164 e. The summed E-state index contributed by atoms with van der Waals surface area (Å²) in [6, 6.07) is 40.7. The van der Waals surface area contributed by atoms with E-state index in [1.165, 1.54) is 10.8 Å². The van der Waals surface area contributed by atoms with Crippen LogP contribution in [0, 0.1) is 0 Å². The Morgan fingerprint density at radius 3 is 1.51 bits per heavy atom. The van der Waals surface area contributed by atoms with E-state index in [4.69, 9.17) is 26.6 Å². The van der Waals surface area contributed by atoms with E-state index in [1.807, 2.05) is 72.8 Å². The van der Waals surface area contributed by atoms with Crippen molar-refractivity contribution in [1.82, 2.24) is 15.0 Å². The Morgan fingerprint density at radius 2 is 0.886 bits per heavy atom. The maximum atomic E-state index is 6.61. The second kappa shape index (κ2) is 9.13. The minimum absolute atomic E-state index is 0.585. The van der Waals surface area contributed by atoms with Gasteiger partial charge >= 0.3 is 0 Å². The summed E-state index contributed by atoms with van der Waals surface area (Å²) >= 11 is 6.61. The van der Waals surface area contributed by atoms with E-state index >= 15 is 0 Å². The fraction of sp³-hybridized carbons (Fsp3) is 0. The van der Waals surface area contributed by atoms with Crippen LogP contribution in [0.15, 0.2) is 121 Å². The monoisotopic (exact) mass is 469 g/mol. The van der Waals surface area contributed by atoms with Crippen molar-refractivity contribution < 1.29 is 0 Å². The fourth-order valence-electron chi connectivity index (χ4n) is 4.19. The molecule has 0 amide bonds. The van der Waals surface area contributed by atoms with E-state index in [-0.39, 0.29) is 0 Å². The Bertz CT molecular complexity index is 1590. The Labute approximate surface area is 208 Å².